The van der Waals surface area contributed by atoms with Crippen LogP contribution in [0.15, 0.2) is 18.2 Å². The average molecular weight is 414 g/mol. The van der Waals surface area contributed by atoms with Gasteiger partial charge in [-0.1, -0.05) is 46.1 Å². The minimum absolute atomic E-state index is 0.262. The van der Waals surface area contributed by atoms with E-state index >= 15 is 0 Å². The van der Waals surface area contributed by atoms with E-state index in [0.29, 0.717) is 5.92 Å². The first-order valence-electron chi connectivity index (χ1n) is 8.75. The molecule has 1 fully saturated rings. The molecule has 0 saturated carbocycles. The Kier molecular flexibility index (Phi) is 6.57. The Morgan fingerprint density at radius 2 is 2.09 bits per heavy atom. The smallest absolute Gasteiger partial charge is 0.0452 e. The second kappa shape index (κ2) is 8.00. The Morgan fingerprint density at radius 1 is 1.32 bits per heavy atom. The number of nitrogens with zero attached hydrogens (tertiary/aromatic N) is 1. The van der Waals surface area contributed by atoms with Crippen molar-refractivity contribution in [1.82, 2.24) is 4.90 Å². The first kappa shape index (κ1) is 18.1. The number of rotatable bonds is 6. The molecule has 1 aliphatic rings. The third-order valence-electron chi connectivity index (χ3n) is 5.55. The van der Waals surface area contributed by atoms with Gasteiger partial charge in [0.1, 0.15) is 0 Å². The van der Waals surface area contributed by atoms with Crippen LogP contribution in [0.4, 0.5) is 5.69 Å². The molecule has 22 heavy (non-hydrogen) atoms. The number of halogens is 1. The number of nitrogen functional groups attached to an aromatic ring is 1. The van der Waals surface area contributed by atoms with Crippen molar-refractivity contribution in [1.29, 1.82) is 0 Å². The Bertz CT molecular complexity index is 488. The van der Waals surface area contributed by atoms with Gasteiger partial charge in [0.15, 0.2) is 0 Å². The maximum atomic E-state index is 6.14. The van der Waals surface area contributed by atoms with E-state index in [2.05, 4.69) is 66.5 Å². The Labute approximate surface area is 150 Å². The number of nitrogens with two attached hydrogens (primary N) is 1. The van der Waals surface area contributed by atoms with Gasteiger partial charge in [0.2, 0.25) is 0 Å². The van der Waals surface area contributed by atoms with E-state index in [1.165, 1.54) is 57.3 Å². The SMILES string of the molecule is CCCCCCN1CCC(C)(c2ccc(I)c(N)c2)C(C)C1. The summed E-state index contributed by atoms with van der Waals surface area (Å²) in [5.41, 5.74) is 8.74. The molecule has 0 bridgehead atoms. The van der Waals surface area contributed by atoms with E-state index in [4.69, 9.17) is 5.73 Å². The summed E-state index contributed by atoms with van der Waals surface area (Å²) in [5.74, 6) is 0.673. The van der Waals surface area contributed by atoms with Crippen LogP contribution < -0.4 is 5.73 Å². The zero-order chi connectivity index (χ0) is 16.2. The summed E-state index contributed by atoms with van der Waals surface area (Å²) in [6.07, 6.45) is 6.67. The number of benzene rings is 1. The topological polar surface area (TPSA) is 29.3 Å². The number of hydrogen-bond acceptors (Lipinski definition) is 2. The van der Waals surface area contributed by atoms with Gasteiger partial charge in [-0.3, -0.25) is 0 Å². The Morgan fingerprint density at radius 3 is 2.73 bits per heavy atom. The summed E-state index contributed by atoms with van der Waals surface area (Å²) in [6, 6.07) is 6.65. The molecule has 124 valence electrons. The van der Waals surface area contributed by atoms with Gasteiger partial charge in [0, 0.05) is 15.8 Å². The molecule has 0 spiro atoms. The molecule has 0 aromatic heterocycles. The minimum Gasteiger partial charge on any atom is -0.398 e. The predicted octanol–water partition coefficient (Wildman–Crippen LogP) is 5.05. The zero-order valence-electron chi connectivity index (χ0n) is 14.4. The molecule has 2 nitrogen and oxygen atoms in total. The average Bonchev–Trinajstić information content (AvgIpc) is 2.50. The summed E-state index contributed by atoms with van der Waals surface area (Å²) in [5, 5.41) is 0. The standard InChI is InChI=1S/C19H31IN2/c1-4-5-6-7-11-22-12-10-19(3,15(2)14-22)16-8-9-17(20)18(21)13-16/h8-9,13,15H,4-7,10-12,14,21H2,1-3H3. The second-order valence-corrected chi connectivity index (χ2v) is 8.33. The first-order chi connectivity index (χ1) is 10.5. The van der Waals surface area contributed by atoms with Gasteiger partial charge in [-0.05, 0) is 77.6 Å². The fourth-order valence-corrected chi connectivity index (χ4v) is 3.95. The fraction of sp³-hybridized carbons (Fsp3) is 0.684. The van der Waals surface area contributed by atoms with Crippen LogP contribution in [0.25, 0.3) is 0 Å². The van der Waals surface area contributed by atoms with Crippen LogP contribution in [0.2, 0.25) is 0 Å². The van der Waals surface area contributed by atoms with Crippen molar-refractivity contribution >= 4 is 28.3 Å². The molecular formula is C19H31IN2. The highest BCUT2D eigenvalue weighted by molar-refractivity contribution is 14.1. The van der Waals surface area contributed by atoms with Crippen molar-refractivity contribution < 1.29 is 0 Å². The molecule has 2 N–H and O–H groups in total. The van der Waals surface area contributed by atoms with E-state index in [-0.39, 0.29) is 5.41 Å². The van der Waals surface area contributed by atoms with Gasteiger partial charge < -0.3 is 10.6 Å². The molecule has 2 rings (SSSR count). The van der Waals surface area contributed by atoms with Crippen LogP contribution >= 0.6 is 22.6 Å². The van der Waals surface area contributed by atoms with Gasteiger partial charge in [-0.2, -0.15) is 0 Å². The lowest BCUT2D eigenvalue weighted by Crippen LogP contribution is -2.47. The van der Waals surface area contributed by atoms with E-state index in [9.17, 15) is 0 Å². The van der Waals surface area contributed by atoms with Crippen molar-refractivity contribution in [2.75, 3.05) is 25.4 Å². The summed E-state index contributed by atoms with van der Waals surface area (Å²) in [6.45, 7) is 10.8. The van der Waals surface area contributed by atoms with Crippen molar-refractivity contribution in [2.45, 2.75) is 58.3 Å². The zero-order valence-corrected chi connectivity index (χ0v) is 16.5. The maximum absolute atomic E-state index is 6.14. The lowest BCUT2D eigenvalue weighted by Gasteiger charge is -2.45. The minimum atomic E-state index is 0.262. The molecule has 1 aliphatic heterocycles. The van der Waals surface area contributed by atoms with Crippen LogP contribution in [0.5, 0.6) is 0 Å². The van der Waals surface area contributed by atoms with Crippen molar-refractivity contribution in [3.05, 3.63) is 27.3 Å². The van der Waals surface area contributed by atoms with Crippen molar-refractivity contribution in [2.24, 2.45) is 5.92 Å². The maximum Gasteiger partial charge on any atom is 0.0452 e. The number of unbranched alkanes of at least 4 members (excludes halogenated alkanes) is 3. The van der Waals surface area contributed by atoms with Gasteiger partial charge in [0.05, 0.1) is 0 Å². The summed E-state index contributed by atoms with van der Waals surface area (Å²) in [7, 11) is 0. The number of piperidine rings is 1. The normalized spacial score (nSPS) is 26.3. The van der Waals surface area contributed by atoms with Crippen LogP contribution in [0.1, 0.15) is 58.4 Å². The lowest BCUT2D eigenvalue weighted by molar-refractivity contribution is 0.109. The van der Waals surface area contributed by atoms with E-state index in [0.717, 1.165) is 9.26 Å². The highest BCUT2D eigenvalue weighted by Gasteiger charge is 2.37. The Balaban J connectivity index is 1.98. The van der Waals surface area contributed by atoms with Gasteiger partial charge >= 0.3 is 0 Å². The quantitative estimate of drug-likeness (QED) is 0.401. The van der Waals surface area contributed by atoms with Crippen LogP contribution in [0, 0.1) is 9.49 Å². The van der Waals surface area contributed by atoms with Crippen LogP contribution in [-0.4, -0.2) is 24.5 Å². The second-order valence-electron chi connectivity index (χ2n) is 7.17. The molecule has 1 aromatic rings. The third-order valence-corrected chi connectivity index (χ3v) is 6.53. The van der Waals surface area contributed by atoms with Gasteiger partial charge in [-0.15, -0.1) is 0 Å². The summed E-state index contributed by atoms with van der Waals surface area (Å²) >= 11 is 2.31. The molecule has 0 amide bonds. The monoisotopic (exact) mass is 414 g/mol. The van der Waals surface area contributed by atoms with E-state index in [1.54, 1.807) is 0 Å². The number of likely N-dealkylation sites (tertiary alicyclic amines) is 1. The molecule has 1 saturated heterocycles. The van der Waals surface area contributed by atoms with E-state index in [1.807, 2.05) is 0 Å². The Hall–Kier alpha value is -0.290. The van der Waals surface area contributed by atoms with Crippen LogP contribution in [-0.2, 0) is 5.41 Å². The fourth-order valence-electron chi connectivity index (χ4n) is 3.61. The van der Waals surface area contributed by atoms with E-state index < -0.39 is 0 Å². The first-order valence-corrected chi connectivity index (χ1v) is 9.83. The van der Waals surface area contributed by atoms with Gasteiger partial charge in [-0.25, -0.2) is 0 Å². The highest BCUT2D eigenvalue weighted by atomic mass is 127. The summed E-state index contributed by atoms with van der Waals surface area (Å²) in [4.78, 5) is 2.66. The number of anilines is 1. The molecule has 0 aliphatic carbocycles. The predicted molar refractivity (Wildman–Crippen MR) is 105 cm³/mol. The molecule has 2 atom stereocenters. The summed E-state index contributed by atoms with van der Waals surface area (Å²) < 4.78 is 1.16. The van der Waals surface area contributed by atoms with Crippen molar-refractivity contribution in [3.63, 3.8) is 0 Å². The lowest BCUT2D eigenvalue weighted by atomic mass is 9.68. The third kappa shape index (κ3) is 4.16. The molecule has 1 aromatic carbocycles. The molecule has 2 unspecified atom stereocenters. The van der Waals surface area contributed by atoms with Crippen LogP contribution in [0.3, 0.4) is 0 Å². The molecule has 3 heteroatoms. The van der Waals surface area contributed by atoms with Gasteiger partial charge in [0.25, 0.3) is 0 Å². The molecular weight excluding hydrogens is 383 g/mol. The largest absolute Gasteiger partial charge is 0.398 e. The number of hydrogen-bond donors (Lipinski definition) is 1. The molecule has 1 heterocycles. The highest BCUT2D eigenvalue weighted by Crippen LogP contribution is 2.40. The van der Waals surface area contributed by atoms with Crippen molar-refractivity contribution in [3.8, 4) is 0 Å². The molecule has 0 radical (unpaired) electrons.